The summed E-state index contributed by atoms with van der Waals surface area (Å²) in [5.74, 6) is 0.0544. The third kappa shape index (κ3) is 1.88. The smallest absolute Gasteiger partial charge is 0.265 e. The number of hydrogen-bond acceptors (Lipinski definition) is 3. The molecule has 1 atom stereocenters. The van der Waals surface area contributed by atoms with Crippen LogP contribution in [0.1, 0.15) is 6.42 Å². The Labute approximate surface area is 64.0 Å². The second-order valence-electron chi connectivity index (χ2n) is 2.42. The van der Waals surface area contributed by atoms with Gasteiger partial charge in [-0.25, -0.2) is 0 Å². The summed E-state index contributed by atoms with van der Waals surface area (Å²) in [6.07, 6.45) is 5.19. The monoisotopic (exact) mass is 155 g/mol. The summed E-state index contributed by atoms with van der Waals surface area (Å²) in [4.78, 5) is 9.75. The molecule has 60 valence electrons. The summed E-state index contributed by atoms with van der Waals surface area (Å²) in [6, 6.07) is 0. The van der Waals surface area contributed by atoms with E-state index >= 15 is 0 Å². The number of aliphatic hydroxyl groups is 1. The molecule has 0 bridgehead atoms. The molecule has 1 unspecified atom stereocenters. The second kappa shape index (κ2) is 3.30. The van der Waals surface area contributed by atoms with Crippen molar-refractivity contribution >= 4 is 0 Å². The lowest BCUT2D eigenvalue weighted by atomic mass is 10.0. The van der Waals surface area contributed by atoms with Crippen molar-refractivity contribution in [2.75, 3.05) is 6.61 Å². The highest BCUT2D eigenvalue weighted by Gasteiger charge is 2.13. The lowest BCUT2D eigenvalue weighted by Gasteiger charge is -2.08. The molecule has 1 aliphatic rings. The van der Waals surface area contributed by atoms with Gasteiger partial charge in [0.15, 0.2) is 0 Å². The molecule has 0 heterocycles. The average Bonchev–Trinajstić information content (AvgIpc) is 2.05. The molecule has 0 aromatic heterocycles. The molecular weight excluding hydrogens is 146 g/mol. The van der Waals surface area contributed by atoms with Crippen LogP contribution in [0.2, 0.25) is 0 Å². The molecule has 0 amide bonds. The van der Waals surface area contributed by atoms with Gasteiger partial charge in [-0.15, -0.1) is 0 Å². The fourth-order valence-electron chi connectivity index (χ4n) is 0.924. The quantitative estimate of drug-likeness (QED) is 0.472. The summed E-state index contributed by atoms with van der Waals surface area (Å²) >= 11 is 0. The normalized spacial score (nSPS) is 23.0. The van der Waals surface area contributed by atoms with Gasteiger partial charge in [-0.1, -0.05) is 6.08 Å². The van der Waals surface area contributed by atoms with Crippen molar-refractivity contribution in [2.45, 2.75) is 6.42 Å². The molecule has 0 spiro atoms. The Morgan fingerprint density at radius 2 is 2.55 bits per heavy atom. The Kier molecular flexibility index (Phi) is 2.38. The maximum absolute atomic E-state index is 10.2. The number of nitro groups is 1. The predicted molar refractivity (Wildman–Crippen MR) is 39.4 cm³/mol. The summed E-state index contributed by atoms with van der Waals surface area (Å²) in [5.41, 5.74) is 0.120. The highest BCUT2D eigenvalue weighted by Crippen LogP contribution is 2.15. The van der Waals surface area contributed by atoms with Gasteiger partial charge in [-0.3, -0.25) is 10.1 Å². The molecule has 0 aromatic rings. The first-order chi connectivity index (χ1) is 5.24. The number of nitrogens with zero attached hydrogens (tertiary/aromatic N) is 1. The molecular formula is C7H9NO3. The van der Waals surface area contributed by atoms with Gasteiger partial charge in [0.25, 0.3) is 5.70 Å². The second-order valence-corrected chi connectivity index (χ2v) is 2.42. The van der Waals surface area contributed by atoms with E-state index in [1.54, 1.807) is 6.08 Å². The van der Waals surface area contributed by atoms with Crippen LogP contribution >= 0.6 is 0 Å². The fourth-order valence-corrected chi connectivity index (χ4v) is 0.924. The number of allylic oxidation sites excluding steroid dienone is 2. The third-order valence-electron chi connectivity index (χ3n) is 1.61. The van der Waals surface area contributed by atoms with Crippen LogP contribution in [0, 0.1) is 16.0 Å². The summed E-state index contributed by atoms with van der Waals surface area (Å²) in [6.45, 7) is 0.0536. The van der Waals surface area contributed by atoms with Crippen LogP contribution in [0.15, 0.2) is 23.9 Å². The van der Waals surface area contributed by atoms with Crippen molar-refractivity contribution in [1.82, 2.24) is 0 Å². The lowest BCUT2D eigenvalue weighted by molar-refractivity contribution is -0.419. The van der Waals surface area contributed by atoms with E-state index in [0.717, 1.165) is 0 Å². The fraction of sp³-hybridized carbons (Fsp3) is 0.429. The number of rotatable bonds is 2. The molecule has 11 heavy (non-hydrogen) atoms. The molecule has 1 rings (SSSR count). The lowest BCUT2D eigenvalue weighted by Crippen LogP contribution is -2.07. The first-order valence-electron chi connectivity index (χ1n) is 3.37. The van der Waals surface area contributed by atoms with Crippen LogP contribution in [-0.2, 0) is 0 Å². The molecule has 0 saturated heterocycles. The maximum Gasteiger partial charge on any atom is 0.265 e. The zero-order valence-corrected chi connectivity index (χ0v) is 5.93. The van der Waals surface area contributed by atoms with Gasteiger partial charge < -0.3 is 5.11 Å². The van der Waals surface area contributed by atoms with E-state index in [2.05, 4.69) is 0 Å². The molecule has 0 aliphatic heterocycles. The van der Waals surface area contributed by atoms with E-state index in [4.69, 9.17) is 5.11 Å². The topological polar surface area (TPSA) is 63.4 Å². The highest BCUT2D eigenvalue weighted by molar-refractivity contribution is 5.17. The van der Waals surface area contributed by atoms with Gasteiger partial charge in [-0.05, 0) is 12.5 Å². The van der Waals surface area contributed by atoms with Crippen molar-refractivity contribution in [1.29, 1.82) is 0 Å². The molecule has 0 radical (unpaired) electrons. The largest absolute Gasteiger partial charge is 0.396 e. The molecule has 4 nitrogen and oxygen atoms in total. The zero-order chi connectivity index (χ0) is 8.27. The van der Waals surface area contributed by atoms with Crippen LogP contribution in [0.4, 0.5) is 0 Å². The minimum absolute atomic E-state index is 0.0536. The van der Waals surface area contributed by atoms with E-state index in [9.17, 15) is 10.1 Å². The first-order valence-corrected chi connectivity index (χ1v) is 3.37. The molecule has 4 heteroatoms. The molecule has 0 saturated carbocycles. The van der Waals surface area contributed by atoms with Gasteiger partial charge in [0, 0.05) is 18.6 Å². The molecule has 1 aliphatic carbocycles. The third-order valence-corrected chi connectivity index (χ3v) is 1.61. The van der Waals surface area contributed by atoms with Crippen LogP contribution in [0.25, 0.3) is 0 Å². The van der Waals surface area contributed by atoms with Crippen molar-refractivity contribution < 1.29 is 10.0 Å². The van der Waals surface area contributed by atoms with Crippen LogP contribution in [0.3, 0.4) is 0 Å². The Bertz CT molecular complexity index is 220. The number of hydrogen-bond donors (Lipinski definition) is 1. The SMILES string of the molecule is O=[N+]([O-])C1=CCC(CO)C=C1. The van der Waals surface area contributed by atoms with Gasteiger partial charge in [0.05, 0.1) is 4.92 Å². The first kappa shape index (κ1) is 7.94. The number of aliphatic hydroxyl groups excluding tert-OH is 1. The van der Waals surface area contributed by atoms with E-state index < -0.39 is 4.92 Å². The van der Waals surface area contributed by atoms with Crippen molar-refractivity contribution in [3.8, 4) is 0 Å². The maximum atomic E-state index is 10.2. The minimum Gasteiger partial charge on any atom is -0.396 e. The van der Waals surface area contributed by atoms with Gasteiger partial charge in [0.1, 0.15) is 0 Å². The van der Waals surface area contributed by atoms with E-state index in [0.29, 0.717) is 6.42 Å². The van der Waals surface area contributed by atoms with Gasteiger partial charge in [-0.2, -0.15) is 0 Å². The molecule has 0 aromatic carbocycles. The Morgan fingerprint density at radius 3 is 2.91 bits per heavy atom. The van der Waals surface area contributed by atoms with Gasteiger partial charge in [0.2, 0.25) is 0 Å². The zero-order valence-electron chi connectivity index (χ0n) is 5.93. The Balaban J connectivity index is 2.60. The highest BCUT2D eigenvalue weighted by atomic mass is 16.6. The average molecular weight is 155 g/mol. The van der Waals surface area contributed by atoms with Gasteiger partial charge >= 0.3 is 0 Å². The predicted octanol–water partition coefficient (Wildman–Crippen LogP) is 0.715. The van der Waals surface area contributed by atoms with Crippen LogP contribution in [0.5, 0.6) is 0 Å². The molecule has 1 N–H and O–H groups in total. The standard InChI is InChI=1S/C7H9NO3/c9-5-6-1-3-7(4-2-6)8(10)11/h1,3-4,6,9H,2,5H2. The van der Waals surface area contributed by atoms with Crippen LogP contribution in [-0.4, -0.2) is 16.6 Å². The Hall–Kier alpha value is -1.16. The summed E-state index contributed by atoms with van der Waals surface area (Å²) < 4.78 is 0. The van der Waals surface area contributed by atoms with E-state index in [-0.39, 0.29) is 18.2 Å². The van der Waals surface area contributed by atoms with Crippen molar-refractivity contribution in [3.05, 3.63) is 34.0 Å². The van der Waals surface area contributed by atoms with Crippen LogP contribution < -0.4 is 0 Å². The van der Waals surface area contributed by atoms with E-state index in [1.165, 1.54) is 12.2 Å². The van der Waals surface area contributed by atoms with E-state index in [1.807, 2.05) is 0 Å². The summed E-state index contributed by atoms with van der Waals surface area (Å²) in [5, 5.41) is 18.8. The molecule has 0 fully saturated rings. The minimum atomic E-state index is -0.426. The Morgan fingerprint density at radius 1 is 1.82 bits per heavy atom. The summed E-state index contributed by atoms with van der Waals surface area (Å²) in [7, 11) is 0. The van der Waals surface area contributed by atoms with Crippen molar-refractivity contribution in [3.63, 3.8) is 0 Å². The van der Waals surface area contributed by atoms with Crippen molar-refractivity contribution in [2.24, 2.45) is 5.92 Å².